The van der Waals surface area contributed by atoms with Gasteiger partial charge in [-0.25, -0.2) is 4.79 Å². The van der Waals surface area contributed by atoms with Crippen molar-refractivity contribution in [2.75, 3.05) is 38.7 Å². The quantitative estimate of drug-likeness (QED) is 0.620. The predicted octanol–water partition coefficient (Wildman–Crippen LogP) is 2.24. The second-order valence-corrected chi connectivity index (χ2v) is 8.16. The van der Waals surface area contributed by atoms with E-state index in [1.165, 1.54) is 11.3 Å². The van der Waals surface area contributed by atoms with Gasteiger partial charge in [0.25, 0.3) is 0 Å². The van der Waals surface area contributed by atoms with Crippen LogP contribution in [0.25, 0.3) is 10.9 Å². The highest BCUT2D eigenvalue weighted by atomic mass is 16.5. The van der Waals surface area contributed by atoms with Crippen molar-refractivity contribution in [1.29, 1.82) is 0 Å². The van der Waals surface area contributed by atoms with Crippen molar-refractivity contribution in [3.8, 4) is 5.75 Å². The van der Waals surface area contributed by atoms with E-state index in [1.807, 2.05) is 12.1 Å². The molecule has 0 aliphatic carbocycles. The van der Waals surface area contributed by atoms with E-state index in [2.05, 4.69) is 24.1 Å². The number of benzene rings is 1. The number of amides is 1. The van der Waals surface area contributed by atoms with Crippen LogP contribution in [0.5, 0.6) is 5.75 Å². The molecule has 1 aromatic carbocycles. The molecule has 0 bridgehead atoms. The summed E-state index contributed by atoms with van der Waals surface area (Å²) in [4.78, 5) is 29.7. The van der Waals surface area contributed by atoms with Crippen LogP contribution in [0.15, 0.2) is 18.2 Å². The summed E-state index contributed by atoms with van der Waals surface area (Å²) < 4.78 is 10.5. The minimum atomic E-state index is -0.484. The van der Waals surface area contributed by atoms with Gasteiger partial charge in [0.1, 0.15) is 11.4 Å². The number of ether oxygens (including phenoxy) is 2. The molecular weight excluding hydrogens is 370 g/mol. The first-order valence-electron chi connectivity index (χ1n) is 10.4. The van der Waals surface area contributed by atoms with E-state index < -0.39 is 5.97 Å². The smallest absolute Gasteiger partial charge is 0.356 e. The highest BCUT2D eigenvalue weighted by Crippen LogP contribution is 2.31. The summed E-state index contributed by atoms with van der Waals surface area (Å²) in [6.45, 7) is 9.58. The lowest BCUT2D eigenvalue weighted by Crippen LogP contribution is -3.14. The predicted molar refractivity (Wildman–Crippen MR) is 113 cm³/mol. The highest BCUT2D eigenvalue weighted by Gasteiger charge is 2.26. The molecule has 1 aromatic heterocycles. The fourth-order valence-electron chi connectivity index (χ4n) is 4.40. The molecule has 1 unspecified atom stereocenters. The van der Waals surface area contributed by atoms with Gasteiger partial charge in [-0.1, -0.05) is 13.8 Å². The van der Waals surface area contributed by atoms with E-state index in [1.54, 1.807) is 20.1 Å². The third-order valence-corrected chi connectivity index (χ3v) is 5.53. The number of H-pyrrole nitrogens is 1. The van der Waals surface area contributed by atoms with Gasteiger partial charge in [-0.2, -0.15) is 0 Å². The second kappa shape index (κ2) is 9.31. The molecule has 7 heteroatoms. The van der Waals surface area contributed by atoms with E-state index in [4.69, 9.17) is 9.47 Å². The Hall–Kier alpha value is -2.54. The largest absolute Gasteiger partial charge is 0.497 e. The number of aromatic amines is 1. The van der Waals surface area contributed by atoms with Crippen LogP contribution in [0.1, 0.15) is 44.1 Å². The number of hydrogen-bond acceptors (Lipinski definition) is 4. The van der Waals surface area contributed by atoms with Crippen LogP contribution in [0.2, 0.25) is 0 Å². The lowest BCUT2D eigenvalue weighted by molar-refractivity contribution is -0.911. The Balaban J connectivity index is 1.77. The number of esters is 1. The molecule has 0 radical (unpaired) electrons. The van der Waals surface area contributed by atoms with Crippen molar-refractivity contribution >= 4 is 28.5 Å². The highest BCUT2D eigenvalue weighted by molar-refractivity contribution is 6.11. The average Bonchev–Trinajstić information content (AvgIpc) is 3.03. The van der Waals surface area contributed by atoms with E-state index in [-0.39, 0.29) is 18.2 Å². The number of aromatic nitrogens is 1. The molecule has 1 aliphatic rings. The van der Waals surface area contributed by atoms with Crippen molar-refractivity contribution in [2.24, 2.45) is 11.8 Å². The number of carbonyl (C=O) groups excluding carboxylic acids is 2. The van der Waals surface area contributed by atoms with Gasteiger partial charge >= 0.3 is 5.97 Å². The normalized spacial score (nSPS) is 21.7. The Morgan fingerprint density at radius 1 is 1.24 bits per heavy atom. The lowest BCUT2D eigenvalue weighted by Gasteiger charge is -2.31. The first-order valence-corrected chi connectivity index (χ1v) is 10.4. The Kier molecular flexibility index (Phi) is 6.79. The van der Waals surface area contributed by atoms with E-state index in [9.17, 15) is 9.59 Å². The van der Waals surface area contributed by atoms with Gasteiger partial charge in [0.2, 0.25) is 5.91 Å². The van der Waals surface area contributed by atoms with Crippen LogP contribution in [0.3, 0.4) is 0 Å². The van der Waals surface area contributed by atoms with Crippen LogP contribution in [-0.2, 0) is 9.53 Å². The molecule has 7 nitrogen and oxygen atoms in total. The number of quaternary nitrogens is 1. The first kappa shape index (κ1) is 21.2. The Morgan fingerprint density at radius 2 is 1.97 bits per heavy atom. The maximum atomic E-state index is 12.7. The van der Waals surface area contributed by atoms with Crippen molar-refractivity contribution < 1.29 is 24.0 Å². The maximum absolute atomic E-state index is 12.7. The van der Waals surface area contributed by atoms with Crippen molar-refractivity contribution in [3.63, 3.8) is 0 Å². The van der Waals surface area contributed by atoms with E-state index in [0.29, 0.717) is 29.7 Å². The third-order valence-electron chi connectivity index (χ3n) is 5.53. The molecule has 2 heterocycles. The number of carbonyl (C=O) groups is 2. The molecule has 1 saturated heterocycles. The third kappa shape index (κ3) is 5.09. The summed E-state index contributed by atoms with van der Waals surface area (Å²) in [5.74, 6) is 1.45. The van der Waals surface area contributed by atoms with Crippen molar-refractivity contribution in [3.05, 3.63) is 23.9 Å². The summed E-state index contributed by atoms with van der Waals surface area (Å²) in [6.07, 6.45) is 1.67. The molecule has 3 rings (SSSR count). The molecule has 3 N–H and O–H groups in total. The van der Waals surface area contributed by atoms with Crippen molar-refractivity contribution in [1.82, 2.24) is 4.98 Å². The topological polar surface area (TPSA) is 84.9 Å². The molecule has 2 aromatic rings. The fraction of sp³-hybridized carbons (Fsp3) is 0.545. The standard InChI is InChI=1S/C22H31N3O4/c1-5-29-22(27)21-20(17-11-16(28-4)6-7-18(17)23-21)24-19(26)8-9-25-12-14(2)10-15(3)13-25/h6-7,11,14-15,23H,5,8-10,12-13H2,1-4H3,(H,24,26)/p+1/t14-,15+. The monoisotopic (exact) mass is 402 g/mol. The van der Waals surface area contributed by atoms with Crippen LogP contribution >= 0.6 is 0 Å². The molecule has 1 aliphatic heterocycles. The Labute approximate surface area is 171 Å². The molecule has 1 amide bonds. The first-order chi connectivity index (χ1) is 13.9. The van der Waals surface area contributed by atoms with Gasteiger partial charge in [-0.15, -0.1) is 0 Å². The zero-order valence-corrected chi connectivity index (χ0v) is 17.8. The Morgan fingerprint density at radius 3 is 2.62 bits per heavy atom. The van der Waals surface area contributed by atoms with Crippen LogP contribution in [0, 0.1) is 11.8 Å². The Bertz CT molecular complexity index is 866. The minimum Gasteiger partial charge on any atom is -0.497 e. The molecule has 1 fully saturated rings. The maximum Gasteiger partial charge on any atom is 0.356 e. The van der Waals surface area contributed by atoms with Gasteiger partial charge in [-0.05, 0) is 31.5 Å². The summed E-state index contributed by atoms with van der Waals surface area (Å²) in [6, 6.07) is 5.44. The number of nitrogens with one attached hydrogen (secondary N) is 3. The van der Waals surface area contributed by atoms with E-state index in [0.717, 1.165) is 30.5 Å². The molecule has 0 saturated carbocycles. The minimum absolute atomic E-state index is 0.0994. The zero-order chi connectivity index (χ0) is 21.0. The summed E-state index contributed by atoms with van der Waals surface area (Å²) in [5, 5.41) is 3.68. The number of piperidine rings is 1. The molecule has 0 spiro atoms. The number of fused-ring (bicyclic) bond motifs is 1. The molecule has 29 heavy (non-hydrogen) atoms. The number of hydrogen-bond donors (Lipinski definition) is 3. The summed E-state index contributed by atoms with van der Waals surface area (Å²) in [5.41, 5.74) is 1.46. The molecular formula is C22H32N3O4+. The molecule has 158 valence electrons. The number of anilines is 1. The summed E-state index contributed by atoms with van der Waals surface area (Å²) in [7, 11) is 1.59. The second-order valence-electron chi connectivity index (χ2n) is 8.16. The van der Waals surface area contributed by atoms with Crippen molar-refractivity contribution in [2.45, 2.75) is 33.6 Å². The van der Waals surface area contributed by atoms with Gasteiger partial charge in [0, 0.05) is 22.7 Å². The van der Waals surface area contributed by atoms with Gasteiger partial charge in [-0.3, -0.25) is 4.79 Å². The SMILES string of the molecule is CCOC(=O)c1[nH]c2ccc(OC)cc2c1NC(=O)CC[NH+]1C[C@H](C)C[C@H](C)C1. The number of methoxy groups -OCH3 is 1. The fourth-order valence-corrected chi connectivity index (χ4v) is 4.40. The lowest BCUT2D eigenvalue weighted by atomic mass is 9.92. The van der Waals surface area contributed by atoms with Crippen LogP contribution in [0.4, 0.5) is 5.69 Å². The zero-order valence-electron chi connectivity index (χ0n) is 17.8. The van der Waals surface area contributed by atoms with Crippen LogP contribution < -0.4 is 15.0 Å². The summed E-state index contributed by atoms with van der Waals surface area (Å²) >= 11 is 0. The van der Waals surface area contributed by atoms with Gasteiger partial charge in [0.05, 0.1) is 45.5 Å². The van der Waals surface area contributed by atoms with E-state index >= 15 is 0 Å². The van der Waals surface area contributed by atoms with Crippen LogP contribution in [-0.4, -0.2) is 50.2 Å². The number of likely N-dealkylation sites (tertiary alicyclic amines) is 1. The number of rotatable bonds is 7. The van der Waals surface area contributed by atoms with Gasteiger partial charge in [0.15, 0.2) is 0 Å². The molecule has 3 atom stereocenters. The van der Waals surface area contributed by atoms with Gasteiger partial charge < -0.3 is 24.7 Å². The average molecular weight is 403 g/mol.